The van der Waals surface area contributed by atoms with E-state index < -0.39 is 0 Å². The van der Waals surface area contributed by atoms with Gasteiger partial charge < -0.3 is 0 Å². The van der Waals surface area contributed by atoms with E-state index in [1.807, 2.05) is 0 Å². The average molecular weight is 330 g/mol. The van der Waals surface area contributed by atoms with Gasteiger partial charge in [0, 0.05) is 0 Å². The minimum atomic E-state index is 0. The van der Waals surface area contributed by atoms with Crippen molar-refractivity contribution in [2.24, 2.45) is 0 Å². The van der Waals surface area contributed by atoms with E-state index >= 15 is 0 Å². The van der Waals surface area contributed by atoms with E-state index in [0.29, 0.717) is 0 Å². The van der Waals surface area contributed by atoms with Crippen molar-refractivity contribution in [2.75, 3.05) is 0 Å². The summed E-state index contributed by atoms with van der Waals surface area (Å²) in [5.74, 6) is 0. The number of allylic oxidation sites excluding steroid dienone is 8. The fourth-order valence-corrected chi connectivity index (χ4v) is 3.23. The van der Waals surface area contributed by atoms with Crippen LogP contribution in [-0.4, -0.2) is 0 Å². The minimum Gasteiger partial charge on any atom is -0.193 e. The van der Waals surface area contributed by atoms with Crippen LogP contribution in [0.25, 0.3) is 0 Å². The van der Waals surface area contributed by atoms with Crippen LogP contribution in [0.3, 0.4) is 0 Å². The second kappa shape index (κ2) is 7.39. The zero-order valence-electron chi connectivity index (χ0n) is 11.6. The summed E-state index contributed by atoms with van der Waals surface area (Å²) in [6.45, 7) is 0. The summed E-state index contributed by atoms with van der Waals surface area (Å²) in [5.41, 5.74) is 6.44. The Balaban J connectivity index is 0.000000133. The Morgan fingerprint density at radius 3 is 1.58 bits per heavy atom. The normalized spacial score (nSPS) is 22.7. The molecule has 0 saturated heterocycles. The average Bonchev–Trinajstić information content (AvgIpc) is 3.08. The zero-order chi connectivity index (χ0) is 12.2. The molecule has 0 radical (unpaired) electrons. The monoisotopic (exact) mass is 328 g/mol. The van der Waals surface area contributed by atoms with Crippen LogP contribution in [-0.2, 0) is 26.2 Å². The Morgan fingerprint density at radius 2 is 1.16 bits per heavy atom. The third kappa shape index (κ3) is 3.79. The Hall–Kier alpha value is -0.417. The zero-order valence-corrected chi connectivity index (χ0v) is 14.1. The summed E-state index contributed by atoms with van der Waals surface area (Å²) in [4.78, 5) is 0. The minimum absolute atomic E-state index is 0. The maximum absolute atomic E-state index is 2.35. The van der Waals surface area contributed by atoms with Gasteiger partial charge in [-0.3, -0.25) is 0 Å². The van der Waals surface area contributed by atoms with Gasteiger partial charge in [-0.2, -0.15) is 47.3 Å². The standard InChI is InChI=1S/2C9H11.Zr/c2*1-2-5-9-7-3-6-8(9)4-1;/h2*1,4,6H,2-3,5,7H2;/q2*-1;+2. The number of hydrogen-bond donors (Lipinski definition) is 0. The van der Waals surface area contributed by atoms with Crippen molar-refractivity contribution < 1.29 is 26.2 Å². The van der Waals surface area contributed by atoms with Crippen LogP contribution in [0.4, 0.5) is 0 Å². The summed E-state index contributed by atoms with van der Waals surface area (Å²) in [5, 5.41) is 0. The molecule has 0 spiro atoms. The van der Waals surface area contributed by atoms with Crippen LogP contribution in [0.15, 0.2) is 46.6 Å². The molecule has 98 valence electrons. The largest absolute Gasteiger partial charge is 2.00 e. The Kier molecular flexibility index (Phi) is 5.83. The van der Waals surface area contributed by atoms with Gasteiger partial charge in [-0.25, -0.2) is 0 Å². The second-order valence-corrected chi connectivity index (χ2v) is 5.49. The van der Waals surface area contributed by atoms with E-state index in [1.54, 1.807) is 11.1 Å². The fraction of sp³-hybridized carbons (Fsp3) is 0.444. The van der Waals surface area contributed by atoms with Gasteiger partial charge in [0.1, 0.15) is 0 Å². The SMILES string of the molecule is C1=CC2=C(CC1)CC[CH-]2.C1=CC2=C(CC1)CC[CH-]2.[Zr+2]. The molecule has 4 rings (SSSR count). The van der Waals surface area contributed by atoms with Gasteiger partial charge in [-0.1, -0.05) is 51.4 Å². The van der Waals surface area contributed by atoms with Crippen molar-refractivity contribution in [1.82, 2.24) is 0 Å². The maximum atomic E-state index is 2.35. The molecule has 4 aliphatic rings. The molecule has 0 N–H and O–H groups in total. The predicted molar refractivity (Wildman–Crippen MR) is 77.9 cm³/mol. The van der Waals surface area contributed by atoms with Crippen molar-refractivity contribution in [3.05, 3.63) is 59.4 Å². The van der Waals surface area contributed by atoms with E-state index in [9.17, 15) is 0 Å². The summed E-state index contributed by atoms with van der Waals surface area (Å²) in [6.07, 6.45) is 24.2. The molecule has 0 aromatic heterocycles. The van der Waals surface area contributed by atoms with Crippen molar-refractivity contribution in [3.8, 4) is 0 Å². The third-order valence-corrected chi connectivity index (χ3v) is 4.26. The van der Waals surface area contributed by atoms with E-state index in [2.05, 4.69) is 37.1 Å². The topological polar surface area (TPSA) is 0 Å². The van der Waals surface area contributed by atoms with Crippen LogP contribution in [0.2, 0.25) is 0 Å². The quantitative estimate of drug-likeness (QED) is 0.532. The van der Waals surface area contributed by atoms with E-state index in [1.165, 1.54) is 62.5 Å². The first-order valence-electron chi connectivity index (χ1n) is 7.37. The summed E-state index contributed by atoms with van der Waals surface area (Å²) >= 11 is 0. The molecule has 4 aliphatic carbocycles. The van der Waals surface area contributed by atoms with Gasteiger partial charge >= 0.3 is 26.2 Å². The smallest absolute Gasteiger partial charge is 0.193 e. The van der Waals surface area contributed by atoms with Gasteiger partial charge in [-0.15, -0.1) is 12.2 Å². The molecule has 1 heteroatoms. The van der Waals surface area contributed by atoms with Crippen LogP contribution in [0, 0.1) is 12.8 Å². The Labute approximate surface area is 136 Å². The molecule has 0 aliphatic heterocycles. The van der Waals surface area contributed by atoms with Crippen LogP contribution >= 0.6 is 0 Å². The third-order valence-electron chi connectivity index (χ3n) is 4.26. The molecule has 0 aromatic carbocycles. The van der Waals surface area contributed by atoms with E-state index in [0.717, 1.165) is 0 Å². The second-order valence-electron chi connectivity index (χ2n) is 5.49. The number of hydrogen-bond acceptors (Lipinski definition) is 0. The molecule has 0 heterocycles. The van der Waals surface area contributed by atoms with Crippen LogP contribution in [0.5, 0.6) is 0 Å². The Morgan fingerprint density at radius 1 is 0.684 bits per heavy atom. The molecule has 0 nitrogen and oxygen atoms in total. The molecule has 0 fully saturated rings. The summed E-state index contributed by atoms with van der Waals surface area (Å²) < 4.78 is 0. The molecule has 0 atom stereocenters. The van der Waals surface area contributed by atoms with Crippen molar-refractivity contribution in [2.45, 2.75) is 51.4 Å². The van der Waals surface area contributed by atoms with Gasteiger partial charge in [0.05, 0.1) is 0 Å². The predicted octanol–water partition coefficient (Wildman–Crippen LogP) is 5.26. The van der Waals surface area contributed by atoms with Gasteiger partial charge in [-0.05, 0) is 0 Å². The van der Waals surface area contributed by atoms with E-state index in [4.69, 9.17) is 0 Å². The molecule has 0 amide bonds. The van der Waals surface area contributed by atoms with Crippen molar-refractivity contribution >= 4 is 0 Å². The van der Waals surface area contributed by atoms with Crippen LogP contribution < -0.4 is 0 Å². The summed E-state index contributed by atoms with van der Waals surface area (Å²) in [7, 11) is 0. The molecule has 0 bridgehead atoms. The first-order valence-corrected chi connectivity index (χ1v) is 7.37. The summed E-state index contributed by atoms with van der Waals surface area (Å²) in [6, 6.07) is 0. The first-order chi connectivity index (χ1) is 8.93. The maximum Gasteiger partial charge on any atom is 2.00 e. The van der Waals surface area contributed by atoms with Gasteiger partial charge in [0.15, 0.2) is 0 Å². The molecular formula is C18H22Zr. The molecular weight excluding hydrogens is 307 g/mol. The Bertz CT molecular complexity index is 393. The first kappa shape index (κ1) is 15.0. The molecule has 0 saturated carbocycles. The van der Waals surface area contributed by atoms with Gasteiger partial charge in [0.25, 0.3) is 0 Å². The fourth-order valence-electron chi connectivity index (χ4n) is 3.23. The molecule has 19 heavy (non-hydrogen) atoms. The molecule has 0 aromatic rings. The molecule has 0 unspecified atom stereocenters. The van der Waals surface area contributed by atoms with Crippen molar-refractivity contribution in [1.29, 1.82) is 0 Å². The number of rotatable bonds is 0. The van der Waals surface area contributed by atoms with Crippen LogP contribution in [0.1, 0.15) is 51.4 Å². The van der Waals surface area contributed by atoms with E-state index in [-0.39, 0.29) is 26.2 Å². The van der Waals surface area contributed by atoms with Gasteiger partial charge in [0.2, 0.25) is 0 Å². The van der Waals surface area contributed by atoms with Crippen molar-refractivity contribution in [3.63, 3.8) is 0 Å².